The van der Waals surface area contributed by atoms with Crippen molar-refractivity contribution in [3.05, 3.63) is 53.6 Å². The first-order chi connectivity index (χ1) is 10.6. The van der Waals surface area contributed by atoms with Gasteiger partial charge in [0, 0.05) is 39.0 Å². The van der Waals surface area contributed by atoms with Gasteiger partial charge in [0.1, 0.15) is 5.82 Å². The van der Waals surface area contributed by atoms with Crippen molar-refractivity contribution in [1.82, 2.24) is 14.5 Å². The SMILES string of the molecule is Cc1ccccc1CC(=O)N(C)C[C@H]1CCn2ccnc2C1. The number of likely N-dealkylation sites (N-methyl/N-ethyl adjacent to an activating group) is 1. The third kappa shape index (κ3) is 3.21. The van der Waals surface area contributed by atoms with Gasteiger partial charge >= 0.3 is 0 Å². The van der Waals surface area contributed by atoms with Crippen molar-refractivity contribution in [1.29, 1.82) is 0 Å². The molecule has 22 heavy (non-hydrogen) atoms. The van der Waals surface area contributed by atoms with Crippen molar-refractivity contribution in [2.45, 2.75) is 32.7 Å². The van der Waals surface area contributed by atoms with Crippen LogP contribution in [-0.2, 0) is 24.2 Å². The predicted octanol–water partition coefficient (Wildman–Crippen LogP) is 2.46. The van der Waals surface area contributed by atoms with Crippen LogP contribution < -0.4 is 0 Å². The van der Waals surface area contributed by atoms with E-state index in [2.05, 4.69) is 22.5 Å². The molecule has 2 heterocycles. The van der Waals surface area contributed by atoms with Gasteiger partial charge in [-0.05, 0) is 30.4 Å². The second-order valence-electron chi connectivity index (χ2n) is 6.27. The normalized spacial score (nSPS) is 17.1. The molecule has 0 saturated heterocycles. The fourth-order valence-corrected chi connectivity index (χ4v) is 3.17. The van der Waals surface area contributed by atoms with Crippen LogP contribution in [0.3, 0.4) is 0 Å². The van der Waals surface area contributed by atoms with Crippen molar-refractivity contribution in [2.75, 3.05) is 13.6 Å². The van der Waals surface area contributed by atoms with Crippen LogP contribution in [0, 0.1) is 12.8 Å². The van der Waals surface area contributed by atoms with Gasteiger partial charge in [0.25, 0.3) is 0 Å². The summed E-state index contributed by atoms with van der Waals surface area (Å²) in [5.41, 5.74) is 2.31. The molecule has 2 aromatic rings. The van der Waals surface area contributed by atoms with E-state index in [4.69, 9.17) is 0 Å². The largest absolute Gasteiger partial charge is 0.345 e. The van der Waals surface area contributed by atoms with E-state index in [0.717, 1.165) is 37.3 Å². The average Bonchev–Trinajstić information content (AvgIpc) is 2.97. The number of imidazole rings is 1. The smallest absolute Gasteiger partial charge is 0.226 e. The Bertz CT molecular complexity index is 662. The molecule has 0 aliphatic carbocycles. The lowest BCUT2D eigenvalue weighted by Crippen LogP contribution is -2.35. The van der Waals surface area contributed by atoms with Gasteiger partial charge in [-0.3, -0.25) is 4.79 Å². The molecule has 116 valence electrons. The molecule has 0 bridgehead atoms. The van der Waals surface area contributed by atoms with Crippen LogP contribution in [0.5, 0.6) is 0 Å². The lowest BCUT2D eigenvalue weighted by molar-refractivity contribution is -0.129. The number of hydrogen-bond donors (Lipinski definition) is 0. The van der Waals surface area contributed by atoms with Gasteiger partial charge in [-0.2, -0.15) is 0 Å². The highest BCUT2D eigenvalue weighted by molar-refractivity contribution is 5.78. The summed E-state index contributed by atoms with van der Waals surface area (Å²) in [6.07, 6.45) is 6.48. The number of aromatic nitrogens is 2. The van der Waals surface area contributed by atoms with E-state index in [1.54, 1.807) is 0 Å². The summed E-state index contributed by atoms with van der Waals surface area (Å²) in [5, 5.41) is 0. The lowest BCUT2D eigenvalue weighted by atomic mass is 9.97. The Balaban J connectivity index is 1.57. The summed E-state index contributed by atoms with van der Waals surface area (Å²) in [7, 11) is 1.92. The average molecular weight is 297 g/mol. The van der Waals surface area contributed by atoms with E-state index >= 15 is 0 Å². The van der Waals surface area contributed by atoms with Crippen LogP contribution in [0.15, 0.2) is 36.7 Å². The molecule has 0 N–H and O–H groups in total. The Morgan fingerprint density at radius 2 is 2.23 bits per heavy atom. The summed E-state index contributed by atoms with van der Waals surface area (Å²) < 4.78 is 2.21. The van der Waals surface area contributed by atoms with E-state index in [1.807, 2.05) is 42.5 Å². The minimum Gasteiger partial charge on any atom is -0.345 e. The van der Waals surface area contributed by atoms with E-state index in [1.165, 1.54) is 5.56 Å². The molecule has 1 aliphatic heterocycles. The highest BCUT2D eigenvalue weighted by Gasteiger charge is 2.22. The minimum absolute atomic E-state index is 0.197. The third-order valence-corrected chi connectivity index (χ3v) is 4.61. The number of carbonyl (C=O) groups is 1. The third-order valence-electron chi connectivity index (χ3n) is 4.61. The highest BCUT2D eigenvalue weighted by atomic mass is 16.2. The molecule has 1 aliphatic rings. The number of carbonyl (C=O) groups excluding carboxylic acids is 1. The van der Waals surface area contributed by atoms with E-state index in [9.17, 15) is 4.79 Å². The summed E-state index contributed by atoms with van der Waals surface area (Å²) in [4.78, 5) is 18.7. The molecule has 1 atom stereocenters. The van der Waals surface area contributed by atoms with Gasteiger partial charge in [-0.1, -0.05) is 24.3 Å². The number of nitrogens with zero attached hydrogens (tertiary/aromatic N) is 3. The summed E-state index contributed by atoms with van der Waals surface area (Å²) in [6, 6.07) is 8.11. The predicted molar refractivity (Wildman–Crippen MR) is 86.6 cm³/mol. The second kappa shape index (κ2) is 6.34. The van der Waals surface area contributed by atoms with Gasteiger partial charge in [-0.25, -0.2) is 4.98 Å². The van der Waals surface area contributed by atoms with Gasteiger partial charge < -0.3 is 9.47 Å². The molecular formula is C18H23N3O. The minimum atomic E-state index is 0.197. The van der Waals surface area contributed by atoms with Crippen molar-refractivity contribution in [3.8, 4) is 0 Å². The first-order valence-corrected chi connectivity index (χ1v) is 7.92. The number of amides is 1. The monoisotopic (exact) mass is 297 g/mol. The maximum Gasteiger partial charge on any atom is 0.226 e. The number of aryl methyl sites for hydroxylation is 2. The van der Waals surface area contributed by atoms with Gasteiger partial charge in [-0.15, -0.1) is 0 Å². The second-order valence-corrected chi connectivity index (χ2v) is 6.27. The van der Waals surface area contributed by atoms with E-state index in [-0.39, 0.29) is 5.91 Å². The maximum atomic E-state index is 12.4. The topological polar surface area (TPSA) is 38.1 Å². The quantitative estimate of drug-likeness (QED) is 0.869. The maximum absolute atomic E-state index is 12.4. The van der Waals surface area contributed by atoms with Crippen LogP contribution in [-0.4, -0.2) is 34.0 Å². The van der Waals surface area contributed by atoms with Gasteiger partial charge in [0.15, 0.2) is 0 Å². The molecular weight excluding hydrogens is 274 g/mol. The first kappa shape index (κ1) is 14.8. The number of rotatable bonds is 4. The molecule has 4 nitrogen and oxygen atoms in total. The van der Waals surface area contributed by atoms with Crippen LogP contribution in [0.25, 0.3) is 0 Å². The van der Waals surface area contributed by atoms with Crippen molar-refractivity contribution < 1.29 is 4.79 Å². The summed E-state index contributed by atoms with van der Waals surface area (Å²) >= 11 is 0. The number of benzene rings is 1. The molecule has 0 radical (unpaired) electrons. The summed E-state index contributed by atoms with van der Waals surface area (Å²) in [6.45, 7) is 3.89. The number of fused-ring (bicyclic) bond motifs is 1. The van der Waals surface area contributed by atoms with Crippen LogP contribution in [0.4, 0.5) is 0 Å². The molecule has 4 heteroatoms. The van der Waals surface area contributed by atoms with E-state index in [0.29, 0.717) is 12.3 Å². The van der Waals surface area contributed by atoms with Gasteiger partial charge in [0.05, 0.1) is 6.42 Å². The zero-order valence-electron chi connectivity index (χ0n) is 13.3. The number of hydrogen-bond acceptors (Lipinski definition) is 2. The van der Waals surface area contributed by atoms with Crippen LogP contribution >= 0.6 is 0 Å². The Morgan fingerprint density at radius 1 is 1.41 bits per heavy atom. The van der Waals surface area contributed by atoms with Crippen molar-refractivity contribution >= 4 is 5.91 Å². The Hall–Kier alpha value is -2.10. The van der Waals surface area contributed by atoms with E-state index < -0.39 is 0 Å². The molecule has 1 aromatic carbocycles. The highest BCUT2D eigenvalue weighted by Crippen LogP contribution is 2.20. The molecule has 1 amide bonds. The Labute approximate surface area is 131 Å². The zero-order valence-corrected chi connectivity index (χ0v) is 13.3. The summed E-state index contributed by atoms with van der Waals surface area (Å²) in [5.74, 6) is 1.86. The fraction of sp³-hybridized carbons (Fsp3) is 0.444. The molecule has 3 rings (SSSR count). The van der Waals surface area contributed by atoms with Crippen LogP contribution in [0.1, 0.15) is 23.4 Å². The van der Waals surface area contributed by atoms with Crippen LogP contribution in [0.2, 0.25) is 0 Å². The Kier molecular flexibility index (Phi) is 4.27. The zero-order chi connectivity index (χ0) is 15.5. The molecule has 0 unspecified atom stereocenters. The molecule has 0 spiro atoms. The van der Waals surface area contributed by atoms with Crippen molar-refractivity contribution in [2.24, 2.45) is 5.92 Å². The molecule has 0 fully saturated rings. The van der Waals surface area contributed by atoms with Crippen molar-refractivity contribution in [3.63, 3.8) is 0 Å². The lowest BCUT2D eigenvalue weighted by Gasteiger charge is -2.28. The Morgan fingerprint density at radius 3 is 3.05 bits per heavy atom. The van der Waals surface area contributed by atoms with Gasteiger partial charge in [0.2, 0.25) is 5.91 Å². The first-order valence-electron chi connectivity index (χ1n) is 7.92. The molecule has 1 aromatic heterocycles. The standard InChI is InChI=1S/C18H23N3O/c1-14-5-3-4-6-16(14)12-18(22)20(2)13-15-7-9-21-10-8-19-17(21)11-15/h3-6,8,10,15H,7,9,11-13H2,1-2H3/t15-/m0/s1. The fourth-order valence-electron chi connectivity index (χ4n) is 3.17. The molecule has 0 saturated carbocycles.